The molecule has 5 nitrogen and oxygen atoms in total. The number of aromatic nitrogens is 1. The second-order valence-corrected chi connectivity index (χ2v) is 4.71. The van der Waals surface area contributed by atoms with E-state index in [1.165, 1.54) is 11.8 Å². The van der Waals surface area contributed by atoms with Gasteiger partial charge in [0.05, 0.1) is 11.3 Å². The molecule has 0 aliphatic heterocycles. The van der Waals surface area contributed by atoms with Crippen molar-refractivity contribution in [2.24, 2.45) is 5.84 Å². The van der Waals surface area contributed by atoms with Crippen molar-refractivity contribution in [1.82, 2.24) is 9.88 Å². The van der Waals surface area contributed by atoms with Gasteiger partial charge in [0.2, 0.25) is 0 Å². The zero-order valence-electron chi connectivity index (χ0n) is 11.6. The summed E-state index contributed by atoms with van der Waals surface area (Å²) in [4.78, 5) is 18.0. The Bertz CT molecular complexity index is 595. The molecule has 0 saturated heterocycles. The topological polar surface area (TPSA) is 71.2 Å². The van der Waals surface area contributed by atoms with Gasteiger partial charge in [-0.3, -0.25) is 15.6 Å². The molecule has 3 N–H and O–H groups in total. The van der Waals surface area contributed by atoms with Crippen molar-refractivity contribution in [3.8, 4) is 0 Å². The number of nitrogens with one attached hydrogen (secondary N) is 1. The summed E-state index contributed by atoms with van der Waals surface area (Å²) in [5.74, 6) is 5.29. The molecule has 0 saturated carbocycles. The second-order valence-electron chi connectivity index (χ2n) is 4.71. The zero-order valence-corrected chi connectivity index (χ0v) is 11.6. The maximum atomic E-state index is 12.4. The summed E-state index contributed by atoms with van der Waals surface area (Å²) in [6.45, 7) is 2.57. The summed E-state index contributed by atoms with van der Waals surface area (Å²) in [5, 5.41) is 0. The van der Waals surface area contributed by atoms with Crippen LogP contribution in [-0.2, 0) is 6.54 Å². The van der Waals surface area contributed by atoms with Crippen LogP contribution in [-0.4, -0.2) is 22.8 Å². The van der Waals surface area contributed by atoms with Gasteiger partial charge in [0.25, 0.3) is 5.91 Å². The molecule has 0 fully saturated rings. The van der Waals surface area contributed by atoms with Crippen LogP contribution in [0, 0.1) is 6.92 Å². The lowest BCUT2D eigenvalue weighted by atomic mass is 10.1. The summed E-state index contributed by atoms with van der Waals surface area (Å²) in [6.07, 6.45) is 3.11. The number of nitrogens with zero attached hydrogens (tertiary/aromatic N) is 2. The van der Waals surface area contributed by atoms with Crippen LogP contribution in [0.2, 0.25) is 0 Å². The van der Waals surface area contributed by atoms with Gasteiger partial charge in [0, 0.05) is 26.0 Å². The quantitative estimate of drug-likeness (QED) is 0.658. The number of amides is 1. The normalized spacial score (nSPS) is 10.2. The Morgan fingerprint density at radius 3 is 2.65 bits per heavy atom. The molecule has 1 aromatic carbocycles. The third kappa shape index (κ3) is 3.13. The van der Waals surface area contributed by atoms with Gasteiger partial charge in [-0.15, -0.1) is 0 Å². The van der Waals surface area contributed by atoms with E-state index in [4.69, 9.17) is 5.84 Å². The van der Waals surface area contributed by atoms with Gasteiger partial charge in [0.15, 0.2) is 0 Å². The number of carbonyl (C=O) groups excluding carboxylic acids is 1. The Morgan fingerprint density at radius 2 is 2.00 bits per heavy atom. The van der Waals surface area contributed by atoms with E-state index in [0.717, 1.165) is 5.56 Å². The van der Waals surface area contributed by atoms with Gasteiger partial charge in [-0.25, -0.2) is 0 Å². The number of hydrogen-bond acceptors (Lipinski definition) is 4. The number of benzene rings is 1. The largest absolute Gasteiger partial charge is 0.337 e. The van der Waals surface area contributed by atoms with E-state index in [1.54, 1.807) is 24.2 Å². The molecule has 20 heavy (non-hydrogen) atoms. The van der Waals surface area contributed by atoms with Crippen molar-refractivity contribution in [2.45, 2.75) is 13.5 Å². The molecule has 1 amide bonds. The number of nitrogens with two attached hydrogens (primary N) is 1. The molecule has 2 rings (SSSR count). The Hall–Kier alpha value is -2.40. The number of anilines is 1. The fourth-order valence-electron chi connectivity index (χ4n) is 1.94. The molecule has 0 aliphatic carbocycles. The molecular weight excluding hydrogens is 252 g/mol. The number of hydrogen-bond donors (Lipinski definition) is 2. The van der Waals surface area contributed by atoms with Gasteiger partial charge >= 0.3 is 0 Å². The molecule has 0 atom stereocenters. The van der Waals surface area contributed by atoms with E-state index >= 15 is 0 Å². The van der Waals surface area contributed by atoms with Crippen LogP contribution in [0.25, 0.3) is 0 Å². The molecule has 0 spiro atoms. The fraction of sp³-hybridized carbons (Fsp3) is 0.200. The van der Waals surface area contributed by atoms with Crippen molar-refractivity contribution < 1.29 is 4.79 Å². The van der Waals surface area contributed by atoms with Gasteiger partial charge in [-0.2, -0.15) is 0 Å². The van der Waals surface area contributed by atoms with Crippen molar-refractivity contribution in [3.63, 3.8) is 0 Å². The van der Waals surface area contributed by atoms with E-state index in [1.807, 2.05) is 31.2 Å². The third-order valence-corrected chi connectivity index (χ3v) is 3.09. The molecule has 0 bridgehead atoms. The molecule has 1 heterocycles. The zero-order chi connectivity index (χ0) is 14.5. The summed E-state index contributed by atoms with van der Waals surface area (Å²) < 4.78 is 0. The highest BCUT2D eigenvalue weighted by Crippen LogP contribution is 2.15. The average Bonchev–Trinajstić information content (AvgIpc) is 2.48. The van der Waals surface area contributed by atoms with Crippen molar-refractivity contribution in [3.05, 3.63) is 59.4 Å². The smallest absolute Gasteiger partial charge is 0.257 e. The van der Waals surface area contributed by atoms with Crippen LogP contribution in [0.15, 0.2) is 42.7 Å². The fourth-order valence-corrected chi connectivity index (χ4v) is 1.94. The number of rotatable bonds is 4. The summed E-state index contributed by atoms with van der Waals surface area (Å²) >= 11 is 0. The Kier molecular flexibility index (Phi) is 4.32. The summed E-state index contributed by atoms with van der Waals surface area (Å²) in [5.41, 5.74) is 5.83. The second kappa shape index (κ2) is 6.16. The molecule has 2 aromatic rings. The monoisotopic (exact) mass is 270 g/mol. The Morgan fingerprint density at radius 1 is 1.30 bits per heavy atom. The van der Waals surface area contributed by atoms with Gasteiger partial charge in [-0.1, -0.05) is 29.8 Å². The third-order valence-electron chi connectivity index (χ3n) is 3.09. The highest BCUT2D eigenvalue weighted by Gasteiger charge is 2.15. The Balaban J connectivity index is 2.14. The maximum Gasteiger partial charge on any atom is 0.257 e. The summed E-state index contributed by atoms with van der Waals surface area (Å²) in [6, 6.07) is 9.77. The standard InChI is InChI=1S/C15H18N4O/c1-11-3-5-12(6-4-11)10-19(2)15(20)13-9-17-8-7-14(13)18-16/h3-9H,10,16H2,1-2H3,(H,17,18). The van der Waals surface area contributed by atoms with Crippen LogP contribution in [0.1, 0.15) is 21.5 Å². The number of carbonyl (C=O) groups is 1. The van der Waals surface area contributed by atoms with Crippen molar-refractivity contribution in [1.29, 1.82) is 0 Å². The number of pyridine rings is 1. The minimum atomic E-state index is -0.119. The first-order valence-electron chi connectivity index (χ1n) is 6.33. The lowest BCUT2D eigenvalue weighted by Crippen LogP contribution is -2.27. The van der Waals surface area contributed by atoms with Crippen LogP contribution >= 0.6 is 0 Å². The molecule has 0 aliphatic rings. The van der Waals surface area contributed by atoms with E-state index < -0.39 is 0 Å². The minimum absolute atomic E-state index is 0.119. The van der Waals surface area contributed by atoms with E-state index in [-0.39, 0.29) is 5.91 Å². The predicted octanol–water partition coefficient (Wildman–Crippen LogP) is 1.95. The first-order chi connectivity index (χ1) is 9.61. The van der Waals surface area contributed by atoms with Crippen LogP contribution < -0.4 is 11.3 Å². The van der Waals surface area contributed by atoms with Crippen LogP contribution in [0.5, 0.6) is 0 Å². The summed E-state index contributed by atoms with van der Waals surface area (Å²) in [7, 11) is 1.76. The van der Waals surface area contributed by atoms with Crippen LogP contribution in [0.3, 0.4) is 0 Å². The average molecular weight is 270 g/mol. The molecule has 0 radical (unpaired) electrons. The van der Waals surface area contributed by atoms with E-state index in [9.17, 15) is 4.79 Å². The van der Waals surface area contributed by atoms with Crippen molar-refractivity contribution >= 4 is 11.6 Å². The minimum Gasteiger partial charge on any atom is -0.337 e. The van der Waals surface area contributed by atoms with Gasteiger partial charge < -0.3 is 10.3 Å². The lowest BCUT2D eigenvalue weighted by Gasteiger charge is -2.18. The first kappa shape index (κ1) is 14.0. The van der Waals surface area contributed by atoms with Crippen LogP contribution in [0.4, 0.5) is 5.69 Å². The lowest BCUT2D eigenvalue weighted by molar-refractivity contribution is 0.0785. The van der Waals surface area contributed by atoms with Gasteiger partial charge in [-0.05, 0) is 18.6 Å². The SMILES string of the molecule is Cc1ccc(CN(C)C(=O)c2cnccc2NN)cc1. The predicted molar refractivity (Wildman–Crippen MR) is 79.0 cm³/mol. The molecule has 1 aromatic heterocycles. The van der Waals surface area contributed by atoms with Gasteiger partial charge in [0.1, 0.15) is 0 Å². The number of hydrazine groups is 1. The molecular formula is C15H18N4O. The molecule has 5 heteroatoms. The highest BCUT2D eigenvalue weighted by atomic mass is 16.2. The molecule has 104 valence electrons. The van der Waals surface area contributed by atoms with E-state index in [0.29, 0.717) is 17.8 Å². The highest BCUT2D eigenvalue weighted by molar-refractivity contribution is 5.99. The Labute approximate surface area is 118 Å². The maximum absolute atomic E-state index is 12.4. The van der Waals surface area contributed by atoms with E-state index in [2.05, 4.69) is 10.4 Å². The van der Waals surface area contributed by atoms with Crippen molar-refractivity contribution in [2.75, 3.05) is 12.5 Å². The molecule has 0 unspecified atom stereocenters. The number of nitrogen functional groups attached to an aromatic ring is 1. The number of aryl methyl sites for hydroxylation is 1. The first-order valence-corrected chi connectivity index (χ1v) is 6.33.